The Hall–Kier alpha value is -0.830. The molecule has 0 fully saturated rings. The zero-order valence-corrected chi connectivity index (χ0v) is 9.72. The second-order valence-electron chi connectivity index (χ2n) is 4.61. The highest BCUT2D eigenvalue weighted by Crippen LogP contribution is 2.39. The van der Waals surface area contributed by atoms with Gasteiger partial charge in [0.25, 0.3) is 0 Å². The summed E-state index contributed by atoms with van der Waals surface area (Å²) in [6, 6.07) is 0. The third-order valence-corrected chi connectivity index (χ3v) is 3.00. The molecule has 0 heterocycles. The fraction of sp³-hybridized carbons (Fsp3) is 0.727. The normalized spacial score (nSPS) is 13.5. The number of carboxylic acid groups (broad SMARTS) is 1. The maximum Gasteiger partial charge on any atom is 0.309 e. The quantitative estimate of drug-likeness (QED) is 0.665. The van der Waals surface area contributed by atoms with E-state index < -0.39 is 11.4 Å². The summed E-state index contributed by atoms with van der Waals surface area (Å²) in [6.45, 7) is 8.14. The summed E-state index contributed by atoms with van der Waals surface area (Å²) in [4.78, 5) is 11.1. The molecule has 0 aromatic carbocycles. The van der Waals surface area contributed by atoms with E-state index in [1.54, 1.807) is 13.8 Å². The van der Waals surface area contributed by atoms with Crippen molar-refractivity contribution in [3.8, 4) is 0 Å². The monoisotopic (exact) mass is 199 g/mol. The van der Waals surface area contributed by atoms with Gasteiger partial charge in [-0.25, -0.2) is 0 Å². The first-order valence-corrected chi connectivity index (χ1v) is 4.81. The molecule has 0 aromatic rings. The van der Waals surface area contributed by atoms with Crippen LogP contribution in [0.15, 0.2) is 12.2 Å². The number of allylic oxidation sites excluding steroid dienone is 1. The first-order chi connectivity index (χ1) is 6.25. The summed E-state index contributed by atoms with van der Waals surface area (Å²) in [5, 5.41) is 12.1. The molecular weight excluding hydrogens is 178 g/mol. The zero-order chi connectivity index (χ0) is 11.4. The average molecular weight is 199 g/mol. The number of rotatable bonds is 5. The Morgan fingerprint density at radius 1 is 1.36 bits per heavy atom. The highest BCUT2D eigenvalue weighted by Gasteiger charge is 2.41. The molecule has 82 valence electrons. The summed E-state index contributed by atoms with van der Waals surface area (Å²) in [6.07, 6.45) is 3.92. The Balaban J connectivity index is 4.68. The Morgan fingerprint density at radius 3 is 2.21 bits per heavy atom. The van der Waals surface area contributed by atoms with E-state index in [1.807, 2.05) is 33.0 Å². The van der Waals surface area contributed by atoms with Crippen molar-refractivity contribution in [1.29, 1.82) is 0 Å². The predicted molar refractivity (Wildman–Crippen MR) is 58.3 cm³/mol. The molecule has 0 saturated heterocycles. The van der Waals surface area contributed by atoms with Gasteiger partial charge in [-0.1, -0.05) is 26.0 Å². The van der Waals surface area contributed by atoms with Crippen LogP contribution in [-0.2, 0) is 4.79 Å². The van der Waals surface area contributed by atoms with E-state index in [-0.39, 0.29) is 5.41 Å². The molecule has 0 aliphatic rings. The minimum absolute atomic E-state index is 0.352. The van der Waals surface area contributed by atoms with E-state index in [1.165, 1.54) is 0 Å². The number of hydrogen-bond donors (Lipinski definition) is 2. The van der Waals surface area contributed by atoms with E-state index >= 15 is 0 Å². The SMILES string of the molecule is CNC/C=C\C(C)(C)C(C)(C)C(=O)O. The fourth-order valence-electron chi connectivity index (χ4n) is 0.955. The topological polar surface area (TPSA) is 49.3 Å². The summed E-state index contributed by atoms with van der Waals surface area (Å²) < 4.78 is 0. The highest BCUT2D eigenvalue weighted by atomic mass is 16.4. The second kappa shape index (κ2) is 4.60. The maximum absolute atomic E-state index is 11.1. The Morgan fingerprint density at radius 2 is 1.86 bits per heavy atom. The van der Waals surface area contributed by atoms with Crippen LogP contribution in [-0.4, -0.2) is 24.7 Å². The molecule has 0 rings (SSSR count). The van der Waals surface area contributed by atoms with Crippen molar-refractivity contribution < 1.29 is 9.90 Å². The van der Waals surface area contributed by atoms with Gasteiger partial charge in [0, 0.05) is 6.54 Å². The van der Waals surface area contributed by atoms with Gasteiger partial charge in [-0.15, -0.1) is 0 Å². The lowest BCUT2D eigenvalue weighted by atomic mass is 9.68. The van der Waals surface area contributed by atoms with Gasteiger partial charge >= 0.3 is 5.97 Å². The summed E-state index contributed by atoms with van der Waals surface area (Å²) in [7, 11) is 1.86. The average Bonchev–Trinajstić information content (AvgIpc) is 2.04. The van der Waals surface area contributed by atoms with Crippen molar-refractivity contribution >= 4 is 5.97 Å². The Kier molecular flexibility index (Phi) is 4.33. The number of nitrogens with one attached hydrogen (secondary N) is 1. The Labute approximate surface area is 86.2 Å². The zero-order valence-electron chi connectivity index (χ0n) is 9.72. The van der Waals surface area contributed by atoms with Crippen LogP contribution in [0, 0.1) is 10.8 Å². The number of aliphatic carboxylic acids is 1. The molecule has 3 nitrogen and oxygen atoms in total. The molecule has 0 aliphatic carbocycles. The van der Waals surface area contributed by atoms with Crippen LogP contribution in [0.2, 0.25) is 0 Å². The molecule has 0 spiro atoms. The minimum atomic E-state index is -0.767. The van der Waals surface area contributed by atoms with Gasteiger partial charge in [0.2, 0.25) is 0 Å². The number of carboxylic acids is 1. The fourth-order valence-corrected chi connectivity index (χ4v) is 0.955. The van der Waals surface area contributed by atoms with E-state index in [9.17, 15) is 4.79 Å². The summed E-state index contributed by atoms with van der Waals surface area (Å²) in [5.74, 6) is -0.767. The smallest absolute Gasteiger partial charge is 0.309 e. The van der Waals surface area contributed by atoms with Crippen molar-refractivity contribution in [2.75, 3.05) is 13.6 Å². The molecule has 3 heteroatoms. The van der Waals surface area contributed by atoms with Crippen LogP contribution in [0.3, 0.4) is 0 Å². The summed E-state index contributed by atoms with van der Waals surface area (Å²) in [5.41, 5.74) is -1.10. The van der Waals surface area contributed by atoms with Gasteiger partial charge in [0.05, 0.1) is 5.41 Å². The van der Waals surface area contributed by atoms with Crippen molar-refractivity contribution in [3.05, 3.63) is 12.2 Å². The van der Waals surface area contributed by atoms with Gasteiger partial charge in [-0.2, -0.15) is 0 Å². The van der Waals surface area contributed by atoms with Gasteiger partial charge in [-0.05, 0) is 26.3 Å². The van der Waals surface area contributed by atoms with Gasteiger partial charge in [0.15, 0.2) is 0 Å². The lowest BCUT2D eigenvalue weighted by Crippen LogP contribution is -2.38. The van der Waals surface area contributed by atoms with Crippen molar-refractivity contribution in [2.45, 2.75) is 27.7 Å². The van der Waals surface area contributed by atoms with E-state index in [4.69, 9.17) is 5.11 Å². The second-order valence-corrected chi connectivity index (χ2v) is 4.61. The minimum Gasteiger partial charge on any atom is -0.481 e. The van der Waals surface area contributed by atoms with E-state index in [0.717, 1.165) is 6.54 Å². The Bertz CT molecular complexity index is 229. The lowest BCUT2D eigenvalue weighted by Gasteiger charge is -2.35. The van der Waals surface area contributed by atoms with Gasteiger partial charge < -0.3 is 10.4 Å². The summed E-state index contributed by atoms with van der Waals surface area (Å²) >= 11 is 0. The van der Waals surface area contributed by atoms with Crippen LogP contribution in [0.5, 0.6) is 0 Å². The molecule has 14 heavy (non-hydrogen) atoms. The predicted octanol–water partition coefficient (Wildman–Crippen LogP) is 1.90. The van der Waals surface area contributed by atoms with Gasteiger partial charge in [-0.3, -0.25) is 4.79 Å². The number of likely N-dealkylation sites (N-methyl/N-ethyl adjacent to an activating group) is 1. The van der Waals surface area contributed by atoms with Crippen LogP contribution in [0.1, 0.15) is 27.7 Å². The molecule has 0 bridgehead atoms. The molecule has 2 N–H and O–H groups in total. The molecular formula is C11H21NO2. The van der Waals surface area contributed by atoms with Gasteiger partial charge in [0.1, 0.15) is 0 Å². The molecule has 0 unspecified atom stereocenters. The molecule has 0 atom stereocenters. The van der Waals surface area contributed by atoms with E-state index in [0.29, 0.717) is 0 Å². The largest absolute Gasteiger partial charge is 0.481 e. The van der Waals surface area contributed by atoms with Crippen molar-refractivity contribution in [3.63, 3.8) is 0 Å². The number of hydrogen-bond acceptors (Lipinski definition) is 2. The molecule has 0 radical (unpaired) electrons. The van der Waals surface area contributed by atoms with Crippen molar-refractivity contribution in [1.82, 2.24) is 5.32 Å². The molecule has 0 saturated carbocycles. The van der Waals surface area contributed by atoms with Crippen LogP contribution in [0.25, 0.3) is 0 Å². The first-order valence-electron chi connectivity index (χ1n) is 4.81. The standard InChI is InChI=1S/C11H21NO2/c1-10(2,7-6-8-12-5)11(3,4)9(13)14/h6-7,12H,8H2,1-5H3,(H,13,14)/b7-6-. The maximum atomic E-state index is 11.1. The lowest BCUT2D eigenvalue weighted by molar-refractivity contribution is -0.151. The number of carbonyl (C=O) groups is 1. The molecule has 0 aromatic heterocycles. The van der Waals surface area contributed by atoms with E-state index in [2.05, 4.69) is 5.32 Å². The van der Waals surface area contributed by atoms with Crippen LogP contribution < -0.4 is 5.32 Å². The van der Waals surface area contributed by atoms with Crippen molar-refractivity contribution in [2.24, 2.45) is 10.8 Å². The van der Waals surface area contributed by atoms with Crippen LogP contribution >= 0.6 is 0 Å². The molecule has 0 aliphatic heterocycles. The van der Waals surface area contributed by atoms with Crippen LogP contribution in [0.4, 0.5) is 0 Å². The third kappa shape index (κ3) is 2.84. The third-order valence-electron chi connectivity index (χ3n) is 3.00. The first kappa shape index (κ1) is 13.2. The highest BCUT2D eigenvalue weighted by molar-refractivity contribution is 5.75. The molecule has 0 amide bonds.